The Balaban J connectivity index is 0.000000601. The summed E-state index contributed by atoms with van der Waals surface area (Å²) in [4.78, 5) is 26.5. The minimum Gasteiger partial charge on any atom is -0.428 e. The minimum absolute atomic E-state index is 0.264. The molecule has 1 radical (unpaired) electrons. The van der Waals surface area contributed by atoms with Gasteiger partial charge in [-0.1, -0.05) is 117 Å². The van der Waals surface area contributed by atoms with Gasteiger partial charge in [-0.15, -0.1) is 0 Å². The van der Waals surface area contributed by atoms with E-state index in [1.165, 1.54) is 44.1 Å². The van der Waals surface area contributed by atoms with Crippen LogP contribution < -0.4 is 10.4 Å². The largest absolute Gasteiger partial charge is 0.428 e. The Bertz CT molecular complexity index is 1020. The fourth-order valence-electron chi connectivity index (χ4n) is 6.07. The lowest BCUT2D eigenvalue weighted by Gasteiger charge is -2.42. The van der Waals surface area contributed by atoms with Crippen molar-refractivity contribution in [2.45, 2.75) is 188 Å². The third-order valence-corrected chi connectivity index (χ3v) is 10.9. The van der Waals surface area contributed by atoms with Gasteiger partial charge < -0.3 is 9.55 Å². The van der Waals surface area contributed by atoms with Gasteiger partial charge in [-0.2, -0.15) is 12.6 Å². The number of thiol groups is 1. The highest BCUT2D eigenvalue weighted by molar-refractivity contribution is 7.81. The molecule has 1 aliphatic carbocycles. The molecule has 0 N–H and O–H groups in total. The summed E-state index contributed by atoms with van der Waals surface area (Å²) < 4.78 is 5.90. The van der Waals surface area contributed by atoms with Crippen LogP contribution in [0.2, 0.25) is 0 Å². The molecule has 257 valence electrons. The molecule has 1 heterocycles. The van der Waals surface area contributed by atoms with E-state index in [1.807, 2.05) is 21.3 Å². The molecule has 45 heavy (non-hydrogen) atoms. The monoisotopic (exact) mass is 643 g/mol. The Hall–Kier alpha value is -1.27. The number of carbonyl (C=O) groups excluding carboxylic acids is 2. The van der Waals surface area contributed by atoms with Crippen molar-refractivity contribution >= 4 is 43.0 Å². The second-order valence-electron chi connectivity index (χ2n) is 14.7. The SMILES string of the molecule is CCC(C)C(C)=O.CCCC1(CCC)C(=O)N(C2CC(CC)C2)c2cc([B]OC(C)(C)C(C)(C)S)ccc21.CCCCCCC. The first kappa shape index (κ1) is 41.8. The summed E-state index contributed by atoms with van der Waals surface area (Å²) in [5, 5.41) is 0. The van der Waals surface area contributed by atoms with Crippen molar-refractivity contribution in [1.29, 1.82) is 0 Å². The number of ketones is 1. The van der Waals surface area contributed by atoms with E-state index in [4.69, 9.17) is 17.3 Å². The summed E-state index contributed by atoms with van der Waals surface area (Å²) >= 11 is 4.71. The van der Waals surface area contributed by atoms with Gasteiger partial charge in [0.1, 0.15) is 5.78 Å². The Morgan fingerprint density at radius 3 is 1.93 bits per heavy atom. The third kappa shape index (κ3) is 11.4. The van der Waals surface area contributed by atoms with E-state index in [1.54, 1.807) is 6.92 Å². The number of benzene rings is 1. The van der Waals surface area contributed by atoms with Crippen molar-refractivity contribution in [1.82, 2.24) is 0 Å². The van der Waals surface area contributed by atoms with Gasteiger partial charge in [0, 0.05) is 22.4 Å². The zero-order valence-electron chi connectivity index (χ0n) is 31.4. The summed E-state index contributed by atoms with van der Waals surface area (Å²) in [6.07, 6.45) is 15.3. The highest BCUT2D eigenvalue weighted by Gasteiger charge is 2.53. The van der Waals surface area contributed by atoms with Crippen LogP contribution in [0.25, 0.3) is 0 Å². The third-order valence-electron chi connectivity index (χ3n) is 10.4. The predicted octanol–water partition coefficient (Wildman–Crippen LogP) is 10.4. The first-order chi connectivity index (χ1) is 21.1. The van der Waals surface area contributed by atoms with Gasteiger partial charge in [-0.3, -0.25) is 9.59 Å². The topological polar surface area (TPSA) is 46.6 Å². The van der Waals surface area contributed by atoms with E-state index in [-0.39, 0.29) is 16.1 Å². The number of hydrogen-bond donors (Lipinski definition) is 1. The van der Waals surface area contributed by atoms with E-state index >= 15 is 0 Å². The normalized spacial score (nSPS) is 19.4. The number of rotatable bonds is 16. The highest BCUT2D eigenvalue weighted by Crippen LogP contribution is 2.51. The lowest BCUT2D eigenvalue weighted by Crippen LogP contribution is -2.50. The van der Waals surface area contributed by atoms with E-state index in [0.717, 1.165) is 62.0 Å². The molecule has 1 aromatic carbocycles. The smallest absolute Gasteiger partial charge is 0.330 e. The Kier molecular flexibility index (Phi) is 18.1. The number of fused-ring (bicyclic) bond motifs is 1. The number of unbranched alkanes of at least 4 members (excludes halogenated alkanes) is 4. The van der Waals surface area contributed by atoms with Crippen molar-refractivity contribution in [2.24, 2.45) is 11.8 Å². The van der Waals surface area contributed by atoms with E-state index in [2.05, 4.69) is 85.4 Å². The number of carbonyl (C=O) groups is 2. The molecule has 0 saturated heterocycles. The molecule has 3 rings (SSSR count). The molecule has 1 unspecified atom stereocenters. The fraction of sp³-hybridized carbons (Fsp3) is 0.795. The molecule has 1 fully saturated rings. The van der Waals surface area contributed by atoms with Crippen LogP contribution in [-0.2, 0) is 19.7 Å². The second kappa shape index (κ2) is 19.5. The van der Waals surface area contributed by atoms with Crippen LogP contribution in [0.4, 0.5) is 5.69 Å². The van der Waals surface area contributed by atoms with Crippen molar-refractivity contribution in [2.75, 3.05) is 4.90 Å². The number of nitrogens with zero attached hydrogens (tertiary/aromatic N) is 1. The van der Waals surface area contributed by atoms with Gasteiger partial charge >= 0.3 is 7.48 Å². The van der Waals surface area contributed by atoms with Crippen LogP contribution in [0.15, 0.2) is 18.2 Å². The summed E-state index contributed by atoms with van der Waals surface area (Å²) in [7, 11) is 1.84. The molecule has 0 aromatic heterocycles. The van der Waals surface area contributed by atoms with Gasteiger partial charge in [-0.05, 0) is 84.3 Å². The molecule has 1 saturated carbocycles. The maximum Gasteiger partial charge on any atom is 0.330 e. The second-order valence-corrected chi connectivity index (χ2v) is 15.8. The lowest BCUT2D eigenvalue weighted by molar-refractivity contribution is -0.125. The van der Waals surface area contributed by atoms with E-state index in [0.29, 0.717) is 17.7 Å². The van der Waals surface area contributed by atoms with Crippen LogP contribution in [0.3, 0.4) is 0 Å². The zero-order chi connectivity index (χ0) is 34.4. The standard InChI is InChI=1S/C26H41BNO2S.C7H16.C6H12O/c1-8-13-26(14-9-2)21-12-11-19(27-30-24(4,5)25(6,7)31)17-22(21)28(23(26)29)20-15-18(10-3)16-20;1-3-5-7-6-4-2;1-4-5(2)6(3)7/h11-12,17-18,20,31H,8-10,13-16H2,1-7H3;3-7H2,1-2H3;5H,4H2,1-3H3. The summed E-state index contributed by atoms with van der Waals surface area (Å²) in [6.45, 7) is 25.0. The predicted molar refractivity (Wildman–Crippen MR) is 200 cm³/mol. The molecule has 6 heteroatoms. The number of Topliss-reactive ketones (excluding diaryl/α,β-unsaturated/α-hetero) is 1. The van der Waals surface area contributed by atoms with Crippen molar-refractivity contribution < 1.29 is 14.2 Å². The van der Waals surface area contributed by atoms with Crippen molar-refractivity contribution in [3.05, 3.63) is 23.8 Å². The Morgan fingerprint density at radius 2 is 1.53 bits per heavy atom. The average Bonchev–Trinajstić information content (AvgIpc) is 3.18. The lowest BCUT2D eigenvalue weighted by atomic mass is 9.73. The molecular formula is C39H69BNO3S. The average molecular weight is 643 g/mol. The van der Waals surface area contributed by atoms with Crippen LogP contribution in [-0.4, -0.2) is 35.6 Å². The number of anilines is 1. The Labute approximate surface area is 285 Å². The molecule has 1 atom stereocenters. The Morgan fingerprint density at radius 1 is 0.978 bits per heavy atom. The quantitative estimate of drug-likeness (QED) is 0.111. The first-order valence-corrected chi connectivity index (χ1v) is 18.8. The van der Waals surface area contributed by atoms with E-state index in [9.17, 15) is 9.59 Å². The minimum atomic E-state index is -0.416. The summed E-state index contributed by atoms with van der Waals surface area (Å²) in [6, 6.07) is 6.84. The van der Waals surface area contributed by atoms with Crippen LogP contribution in [0.1, 0.15) is 172 Å². The maximum absolute atomic E-state index is 13.9. The molecule has 1 aromatic rings. The van der Waals surface area contributed by atoms with E-state index < -0.39 is 5.60 Å². The maximum atomic E-state index is 13.9. The van der Waals surface area contributed by atoms with Gasteiger partial charge in [0.15, 0.2) is 0 Å². The molecule has 1 amide bonds. The van der Waals surface area contributed by atoms with Gasteiger partial charge in [0.05, 0.1) is 11.0 Å². The van der Waals surface area contributed by atoms with Gasteiger partial charge in [0.2, 0.25) is 5.91 Å². The zero-order valence-corrected chi connectivity index (χ0v) is 32.2. The van der Waals surface area contributed by atoms with Crippen LogP contribution >= 0.6 is 12.6 Å². The first-order valence-electron chi connectivity index (χ1n) is 18.3. The highest BCUT2D eigenvalue weighted by atomic mass is 32.1. The van der Waals surface area contributed by atoms with Gasteiger partial charge in [-0.25, -0.2) is 0 Å². The molecule has 1 aliphatic heterocycles. The molecule has 0 spiro atoms. The summed E-state index contributed by atoms with van der Waals surface area (Å²) in [5.41, 5.74) is 2.58. The molecule has 0 bridgehead atoms. The molecule has 4 nitrogen and oxygen atoms in total. The number of amides is 1. The van der Waals surface area contributed by atoms with Gasteiger partial charge in [0.25, 0.3) is 0 Å². The fourth-order valence-corrected chi connectivity index (χ4v) is 6.13. The molecular weight excluding hydrogens is 573 g/mol. The summed E-state index contributed by atoms with van der Waals surface area (Å²) in [5.74, 6) is 1.65. The van der Waals surface area contributed by atoms with Crippen LogP contribution in [0.5, 0.6) is 0 Å². The molecule has 2 aliphatic rings. The van der Waals surface area contributed by atoms with Crippen molar-refractivity contribution in [3.63, 3.8) is 0 Å². The van der Waals surface area contributed by atoms with Crippen LogP contribution in [0, 0.1) is 11.8 Å². The van der Waals surface area contributed by atoms with Crippen molar-refractivity contribution in [3.8, 4) is 0 Å². The number of hydrogen-bond acceptors (Lipinski definition) is 4.